The summed E-state index contributed by atoms with van der Waals surface area (Å²) in [4.78, 5) is 34.3. The molecule has 1 fully saturated rings. The smallest absolute Gasteiger partial charge is 0.287 e. The molecule has 1 saturated heterocycles. The summed E-state index contributed by atoms with van der Waals surface area (Å²) < 4.78 is 5.07. The van der Waals surface area contributed by atoms with Crippen LogP contribution in [0.25, 0.3) is 0 Å². The summed E-state index contributed by atoms with van der Waals surface area (Å²) in [5.74, 6) is -0.239. The van der Waals surface area contributed by atoms with Crippen molar-refractivity contribution < 1.29 is 14.0 Å². The van der Waals surface area contributed by atoms with Crippen LogP contribution in [-0.2, 0) is 16.8 Å². The zero-order valence-corrected chi connectivity index (χ0v) is 14.7. The van der Waals surface area contributed by atoms with E-state index in [0.29, 0.717) is 13.1 Å². The molecule has 0 unspecified atom stereocenters. The van der Waals surface area contributed by atoms with Crippen molar-refractivity contribution in [1.82, 2.24) is 25.5 Å². The van der Waals surface area contributed by atoms with Gasteiger partial charge in [-0.25, -0.2) is 4.98 Å². The minimum absolute atomic E-state index is 0.0715. The van der Waals surface area contributed by atoms with E-state index in [1.54, 1.807) is 25.4 Å². The zero-order chi connectivity index (χ0) is 18.1. The van der Waals surface area contributed by atoms with Crippen LogP contribution in [0.4, 0.5) is 0 Å². The number of H-pyrrole nitrogens is 1. The molecule has 3 N–H and O–H groups in total. The molecular formula is C18H23N5O3. The van der Waals surface area contributed by atoms with Crippen molar-refractivity contribution in [2.24, 2.45) is 0 Å². The summed E-state index contributed by atoms with van der Waals surface area (Å²) in [5, 5.41) is 6.32. The van der Waals surface area contributed by atoms with Crippen LogP contribution in [0.15, 0.2) is 29.1 Å². The van der Waals surface area contributed by atoms with Gasteiger partial charge < -0.3 is 24.9 Å². The number of fused-ring (bicyclic) bond motifs is 2. The highest BCUT2D eigenvalue weighted by Gasteiger charge is 2.42. The van der Waals surface area contributed by atoms with Gasteiger partial charge in [-0.1, -0.05) is 0 Å². The van der Waals surface area contributed by atoms with Crippen molar-refractivity contribution >= 4 is 11.8 Å². The number of furan rings is 1. The normalized spacial score (nSPS) is 19.8. The lowest BCUT2D eigenvalue weighted by molar-refractivity contribution is -0.134. The van der Waals surface area contributed by atoms with Crippen LogP contribution in [-0.4, -0.2) is 52.4 Å². The summed E-state index contributed by atoms with van der Waals surface area (Å²) in [5.41, 5.74) is 2.14. The maximum absolute atomic E-state index is 12.7. The van der Waals surface area contributed by atoms with Crippen LogP contribution < -0.4 is 10.6 Å². The van der Waals surface area contributed by atoms with Crippen molar-refractivity contribution in [3.8, 4) is 0 Å². The van der Waals surface area contributed by atoms with Gasteiger partial charge in [-0.15, -0.1) is 0 Å². The minimum atomic E-state index is -0.595. The van der Waals surface area contributed by atoms with Crippen LogP contribution in [0.2, 0.25) is 0 Å². The van der Waals surface area contributed by atoms with E-state index in [2.05, 4.69) is 20.6 Å². The Kier molecular flexibility index (Phi) is 4.28. The minimum Gasteiger partial charge on any atom is -0.459 e. The van der Waals surface area contributed by atoms with Crippen molar-refractivity contribution in [3.05, 3.63) is 41.9 Å². The monoisotopic (exact) mass is 357 g/mol. The Morgan fingerprint density at radius 2 is 2.19 bits per heavy atom. The number of hydrogen-bond acceptors (Lipinski definition) is 5. The average Bonchev–Trinajstić information content (AvgIpc) is 3.34. The molecule has 26 heavy (non-hydrogen) atoms. The number of carbonyl (C=O) groups is 2. The molecule has 2 aromatic rings. The van der Waals surface area contributed by atoms with E-state index in [0.717, 1.165) is 31.5 Å². The first-order chi connectivity index (χ1) is 12.6. The van der Waals surface area contributed by atoms with Crippen LogP contribution in [0.1, 0.15) is 41.7 Å². The summed E-state index contributed by atoms with van der Waals surface area (Å²) in [6, 6.07) is 2.63. The highest BCUT2D eigenvalue weighted by molar-refractivity contribution is 5.95. The Morgan fingerprint density at radius 1 is 1.38 bits per heavy atom. The lowest BCUT2D eigenvalue weighted by atomic mass is 9.80. The lowest BCUT2D eigenvalue weighted by Gasteiger charge is -2.44. The van der Waals surface area contributed by atoms with Crippen LogP contribution >= 0.6 is 0 Å². The van der Waals surface area contributed by atoms with Crippen molar-refractivity contribution in [2.75, 3.05) is 19.6 Å². The molecule has 4 heterocycles. The predicted molar refractivity (Wildman–Crippen MR) is 93.4 cm³/mol. The standard InChI is InChI=1S/C18H23N5O3/c1-12(22-16(24)14-3-2-10-26-14)17(25)23-8-5-18(6-9-23)15-13(4-7-21-18)19-11-20-15/h2-3,10-12,21H,4-9H2,1H3,(H,19,20)(H,22,24)/t12-/m1/s1. The molecule has 8 nitrogen and oxygen atoms in total. The molecule has 0 aliphatic carbocycles. The quantitative estimate of drug-likeness (QED) is 0.753. The first-order valence-corrected chi connectivity index (χ1v) is 9.00. The number of carbonyl (C=O) groups excluding carboxylic acids is 2. The molecule has 0 radical (unpaired) electrons. The fourth-order valence-electron chi connectivity index (χ4n) is 3.97. The van der Waals surface area contributed by atoms with E-state index in [-0.39, 0.29) is 23.1 Å². The fraction of sp³-hybridized carbons (Fsp3) is 0.500. The van der Waals surface area contributed by atoms with Gasteiger partial charge in [-0.3, -0.25) is 9.59 Å². The molecule has 138 valence electrons. The van der Waals surface area contributed by atoms with Gasteiger partial charge in [0.05, 0.1) is 23.8 Å². The van der Waals surface area contributed by atoms with E-state index in [9.17, 15) is 9.59 Å². The Hall–Kier alpha value is -2.61. The fourth-order valence-corrected chi connectivity index (χ4v) is 3.97. The van der Waals surface area contributed by atoms with E-state index in [1.807, 2.05) is 4.90 Å². The number of aromatic amines is 1. The van der Waals surface area contributed by atoms with E-state index >= 15 is 0 Å². The third-order valence-electron chi connectivity index (χ3n) is 5.40. The third-order valence-corrected chi connectivity index (χ3v) is 5.40. The molecule has 4 rings (SSSR count). The number of amides is 2. The largest absolute Gasteiger partial charge is 0.459 e. The topological polar surface area (TPSA) is 103 Å². The van der Waals surface area contributed by atoms with Gasteiger partial charge >= 0.3 is 0 Å². The summed E-state index contributed by atoms with van der Waals surface area (Å²) in [6.45, 7) is 3.90. The summed E-state index contributed by atoms with van der Waals surface area (Å²) >= 11 is 0. The SMILES string of the molecule is C[C@@H](NC(=O)c1ccco1)C(=O)N1CCC2(CC1)NCCc1[nH]cnc12. The van der Waals surface area contributed by atoms with Crippen molar-refractivity contribution in [2.45, 2.75) is 37.8 Å². The predicted octanol–water partition coefficient (Wildman–Crippen LogP) is 0.785. The number of piperidine rings is 1. The average molecular weight is 357 g/mol. The Bertz CT molecular complexity index is 790. The van der Waals surface area contributed by atoms with Gasteiger partial charge in [-0.2, -0.15) is 0 Å². The highest BCUT2D eigenvalue weighted by atomic mass is 16.3. The van der Waals surface area contributed by atoms with E-state index < -0.39 is 6.04 Å². The van der Waals surface area contributed by atoms with Gasteiger partial charge in [0.2, 0.25) is 5.91 Å². The first-order valence-electron chi connectivity index (χ1n) is 9.00. The van der Waals surface area contributed by atoms with E-state index in [1.165, 1.54) is 12.0 Å². The van der Waals surface area contributed by atoms with E-state index in [4.69, 9.17) is 4.42 Å². The molecule has 8 heteroatoms. The van der Waals surface area contributed by atoms with Crippen LogP contribution in [0, 0.1) is 0 Å². The maximum Gasteiger partial charge on any atom is 0.287 e. The Labute approximate surface area is 151 Å². The van der Waals surface area contributed by atoms with Crippen LogP contribution in [0.3, 0.4) is 0 Å². The van der Waals surface area contributed by atoms with Gasteiger partial charge in [0, 0.05) is 31.7 Å². The third kappa shape index (κ3) is 2.90. The molecular weight excluding hydrogens is 334 g/mol. The number of rotatable bonds is 3. The first kappa shape index (κ1) is 16.8. The highest BCUT2D eigenvalue weighted by Crippen LogP contribution is 2.35. The number of imidazole rings is 1. The molecule has 2 amide bonds. The van der Waals surface area contributed by atoms with Crippen molar-refractivity contribution in [1.29, 1.82) is 0 Å². The number of aromatic nitrogens is 2. The molecule has 2 aliphatic rings. The van der Waals surface area contributed by atoms with Gasteiger partial charge in [0.25, 0.3) is 5.91 Å². The molecule has 1 spiro atoms. The number of hydrogen-bond donors (Lipinski definition) is 3. The van der Waals surface area contributed by atoms with Gasteiger partial charge in [-0.05, 0) is 31.9 Å². The molecule has 2 aliphatic heterocycles. The maximum atomic E-state index is 12.7. The zero-order valence-electron chi connectivity index (χ0n) is 14.7. The Balaban J connectivity index is 1.38. The number of nitrogens with zero attached hydrogens (tertiary/aromatic N) is 2. The molecule has 0 saturated carbocycles. The Morgan fingerprint density at radius 3 is 2.92 bits per heavy atom. The molecule has 1 atom stereocenters. The molecule has 0 bridgehead atoms. The molecule has 2 aromatic heterocycles. The second-order valence-corrected chi connectivity index (χ2v) is 6.99. The van der Waals surface area contributed by atoms with Crippen LogP contribution in [0.5, 0.6) is 0 Å². The summed E-state index contributed by atoms with van der Waals surface area (Å²) in [6.07, 6.45) is 5.77. The van der Waals surface area contributed by atoms with Crippen molar-refractivity contribution in [3.63, 3.8) is 0 Å². The van der Waals surface area contributed by atoms with Gasteiger partial charge in [0.1, 0.15) is 6.04 Å². The second kappa shape index (κ2) is 6.60. The summed E-state index contributed by atoms with van der Waals surface area (Å²) in [7, 11) is 0. The lowest BCUT2D eigenvalue weighted by Crippen LogP contribution is -2.57. The number of likely N-dealkylation sites (tertiary alicyclic amines) is 1. The second-order valence-electron chi connectivity index (χ2n) is 6.99. The van der Waals surface area contributed by atoms with Gasteiger partial charge in [0.15, 0.2) is 5.76 Å². The number of nitrogens with one attached hydrogen (secondary N) is 3. The molecule has 0 aromatic carbocycles.